The Kier molecular flexibility index (Phi) is 5.03. The molecule has 1 amide bonds. The molecule has 1 fully saturated rings. The smallest absolute Gasteiger partial charge is 0.222 e. The molecule has 1 N–H and O–H groups in total. The fourth-order valence-electron chi connectivity index (χ4n) is 3.56. The molecule has 108 valence electrons. The molecular formula is C16H28N2O. The molecule has 2 aliphatic rings. The summed E-state index contributed by atoms with van der Waals surface area (Å²) in [6, 6.07) is 0. The standard InChI is InChI=1S/C16H28N2O/c1-12-5-4-6-13(2)15(12)11-18-9-7-14(8-10-18)16(19)17-3/h5,13-15H,4,6-11H2,1-3H3,(H,17,19)/t13-,15+/m0/s1. The van der Waals surface area contributed by atoms with Crippen LogP contribution >= 0.6 is 0 Å². The fourth-order valence-corrected chi connectivity index (χ4v) is 3.56. The quantitative estimate of drug-likeness (QED) is 0.794. The van der Waals surface area contributed by atoms with Crippen molar-refractivity contribution >= 4 is 5.91 Å². The van der Waals surface area contributed by atoms with Crippen LogP contribution in [0.4, 0.5) is 0 Å². The predicted octanol–water partition coefficient (Wildman–Crippen LogP) is 2.44. The Hall–Kier alpha value is -0.830. The summed E-state index contributed by atoms with van der Waals surface area (Å²) in [4.78, 5) is 14.2. The first-order valence-electron chi connectivity index (χ1n) is 7.72. The van der Waals surface area contributed by atoms with E-state index in [1.807, 2.05) is 0 Å². The minimum atomic E-state index is 0.224. The highest BCUT2D eigenvalue weighted by Gasteiger charge is 2.28. The molecule has 3 heteroatoms. The van der Waals surface area contributed by atoms with Crippen LogP contribution in [0, 0.1) is 17.8 Å². The first kappa shape index (κ1) is 14.6. The molecule has 0 bridgehead atoms. The highest BCUT2D eigenvalue weighted by molar-refractivity contribution is 5.78. The number of allylic oxidation sites excluding steroid dienone is 1. The van der Waals surface area contributed by atoms with Crippen LogP contribution < -0.4 is 5.32 Å². The van der Waals surface area contributed by atoms with Gasteiger partial charge in [0.1, 0.15) is 0 Å². The van der Waals surface area contributed by atoms with Gasteiger partial charge in [0.15, 0.2) is 0 Å². The van der Waals surface area contributed by atoms with E-state index in [1.54, 1.807) is 12.6 Å². The van der Waals surface area contributed by atoms with Crippen molar-refractivity contribution in [1.29, 1.82) is 0 Å². The third kappa shape index (κ3) is 3.59. The Morgan fingerprint density at radius 3 is 2.63 bits per heavy atom. The average Bonchev–Trinajstić information content (AvgIpc) is 2.43. The molecule has 2 atom stereocenters. The molecule has 1 heterocycles. The third-order valence-electron chi connectivity index (χ3n) is 5.02. The predicted molar refractivity (Wildman–Crippen MR) is 78.9 cm³/mol. The molecule has 1 aliphatic heterocycles. The minimum Gasteiger partial charge on any atom is -0.359 e. The Balaban J connectivity index is 1.84. The van der Waals surface area contributed by atoms with Gasteiger partial charge in [0, 0.05) is 19.5 Å². The maximum absolute atomic E-state index is 11.6. The second-order valence-electron chi connectivity index (χ2n) is 6.30. The van der Waals surface area contributed by atoms with Gasteiger partial charge in [0.2, 0.25) is 5.91 Å². The number of nitrogens with one attached hydrogen (secondary N) is 1. The van der Waals surface area contributed by atoms with Crippen molar-refractivity contribution in [3.63, 3.8) is 0 Å². The highest BCUT2D eigenvalue weighted by Crippen LogP contribution is 2.31. The van der Waals surface area contributed by atoms with E-state index in [0.717, 1.165) is 37.8 Å². The van der Waals surface area contributed by atoms with Crippen LogP contribution in [0.15, 0.2) is 11.6 Å². The van der Waals surface area contributed by atoms with Gasteiger partial charge in [0.05, 0.1) is 0 Å². The lowest BCUT2D eigenvalue weighted by Gasteiger charge is -2.37. The number of hydrogen-bond acceptors (Lipinski definition) is 2. The monoisotopic (exact) mass is 264 g/mol. The van der Waals surface area contributed by atoms with E-state index in [0.29, 0.717) is 0 Å². The Morgan fingerprint density at radius 1 is 1.37 bits per heavy atom. The number of hydrogen-bond donors (Lipinski definition) is 1. The van der Waals surface area contributed by atoms with Gasteiger partial charge in [-0.2, -0.15) is 0 Å². The van der Waals surface area contributed by atoms with Crippen molar-refractivity contribution in [2.75, 3.05) is 26.7 Å². The zero-order valence-corrected chi connectivity index (χ0v) is 12.6. The van der Waals surface area contributed by atoms with Gasteiger partial charge in [-0.25, -0.2) is 0 Å². The lowest BCUT2D eigenvalue weighted by Crippen LogP contribution is -2.42. The minimum absolute atomic E-state index is 0.224. The molecule has 0 radical (unpaired) electrons. The number of amides is 1. The van der Waals surface area contributed by atoms with Crippen LogP contribution in [0.3, 0.4) is 0 Å². The van der Waals surface area contributed by atoms with Gasteiger partial charge in [-0.05, 0) is 57.5 Å². The largest absolute Gasteiger partial charge is 0.359 e. The van der Waals surface area contributed by atoms with Crippen molar-refractivity contribution in [2.24, 2.45) is 17.8 Å². The van der Waals surface area contributed by atoms with Crippen LogP contribution in [-0.2, 0) is 4.79 Å². The second-order valence-corrected chi connectivity index (χ2v) is 6.30. The van der Waals surface area contributed by atoms with Gasteiger partial charge < -0.3 is 10.2 Å². The highest BCUT2D eigenvalue weighted by atomic mass is 16.1. The van der Waals surface area contributed by atoms with E-state index in [9.17, 15) is 4.79 Å². The molecule has 0 spiro atoms. The van der Waals surface area contributed by atoms with E-state index in [1.165, 1.54) is 19.4 Å². The molecule has 1 saturated heterocycles. The van der Waals surface area contributed by atoms with E-state index < -0.39 is 0 Å². The second kappa shape index (κ2) is 6.56. The lowest BCUT2D eigenvalue weighted by molar-refractivity contribution is -0.125. The summed E-state index contributed by atoms with van der Waals surface area (Å²) in [5.74, 6) is 2.00. The zero-order valence-electron chi connectivity index (χ0n) is 12.6. The molecule has 0 aromatic rings. The lowest BCUT2D eigenvalue weighted by atomic mass is 9.79. The Labute approximate surface area is 117 Å². The molecule has 0 unspecified atom stereocenters. The molecule has 2 rings (SSSR count). The number of nitrogens with zero attached hydrogens (tertiary/aromatic N) is 1. The van der Waals surface area contributed by atoms with Crippen molar-refractivity contribution in [2.45, 2.75) is 39.5 Å². The molecule has 0 saturated carbocycles. The number of likely N-dealkylation sites (tertiary alicyclic amines) is 1. The zero-order chi connectivity index (χ0) is 13.8. The Morgan fingerprint density at radius 2 is 2.05 bits per heavy atom. The summed E-state index contributed by atoms with van der Waals surface area (Å²) in [6.45, 7) is 8.02. The van der Waals surface area contributed by atoms with Crippen LogP contribution in [0.5, 0.6) is 0 Å². The number of carbonyl (C=O) groups is 1. The summed E-state index contributed by atoms with van der Waals surface area (Å²) in [6.07, 6.45) is 7.04. The van der Waals surface area contributed by atoms with Crippen molar-refractivity contribution < 1.29 is 4.79 Å². The van der Waals surface area contributed by atoms with Crippen LogP contribution in [0.2, 0.25) is 0 Å². The van der Waals surface area contributed by atoms with E-state index >= 15 is 0 Å². The van der Waals surface area contributed by atoms with Gasteiger partial charge in [-0.1, -0.05) is 18.6 Å². The summed E-state index contributed by atoms with van der Waals surface area (Å²) in [7, 11) is 1.74. The van der Waals surface area contributed by atoms with Crippen molar-refractivity contribution in [1.82, 2.24) is 10.2 Å². The molecule has 19 heavy (non-hydrogen) atoms. The average molecular weight is 264 g/mol. The van der Waals surface area contributed by atoms with Crippen LogP contribution in [0.1, 0.15) is 39.5 Å². The number of piperidine rings is 1. The van der Waals surface area contributed by atoms with Gasteiger partial charge in [0.25, 0.3) is 0 Å². The normalized spacial score (nSPS) is 29.9. The fraction of sp³-hybridized carbons (Fsp3) is 0.812. The first-order valence-corrected chi connectivity index (χ1v) is 7.72. The van der Waals surface area contributed by atoms with E-state index in [-0.39, 0.29) is 11.8 Å². The summed E-state index contributed by atoms with van der Waals surface area (Å²) >= 11 is 0. The molecule has 0 aromatic heterocycles. The van der Waals surface area contributed by atoms with Crippen LogP contribution in [0.25, 0.3) is 0 Å². The van der Waals surface area contributed by atoms with Gasteiger partial charge in [-0.15, -0.1) is 0 Å². The van der Waals surface area contributed by atoms with E-state index in [2.05, 4.69) is 30.1 Å². The Bertz CT molecular complexity index is 343. The topological polar surface area (TPSA) is 32.3 Å². The van der Waals surface area contributed by atoms with E-state index in [4.69, 9.17) is 0 Å². The molecular weight excluding hydrogens is 236 g/mol. The van der Waals surface area contributed by atoms with Gasteiger partial charge in [-0.3, -0.25) is 4.79 Å². The summed E-state index contributed by atoms with van der Waals surface area (Å²) < 4.78 is 0. The number of rotatable bonds is 3. The van der Waals surface area contributed by atoms with Gasteiger partial charge >= 0.3 is 0 Å². The van der Waals surface area contributed by atoms with Crippen LogP contribution in [-0.4, -0.2) is 37.5 Å². The summed E-state index contributed by atoms with van der Waals surface area (Å²) in [5, 5.41) is 2.78. The maximum Gasteiger partial charge on any atom is 0.222 e. The maximum atomic E-state index is 11.6. The molecule has 3 nitrogen and oxygen atoms in total. The SMILES string of the molecule is CNC(=O)C1CCN(C[C@@H]2C(C)=CCC[C@@H]2C)CC1. The third-order valence-corrected chi connectivity index (χ3v) is 5.02. The van der Waals surface area contributed by atoms with Crippen molar-refractivity contribution in [3.8, 4) is 0 Å². The summed E-state index contributed by atoms with van der Waals surface area (Å²) in [5.41, 5.74) is 1.58. The van der Waals surface area contributed by atoms with Crippen molar-refractivity contribution in [3.05, 3.63) is 11.6 Å². The first-order chi connectivity index (χ1) is 9.11. The molecule has 0 aromatic carbocycles. The molecule has 1 aliphatic carbocycles. The number of carbonyl (C=O) groups excluding carboxylic acids is 1.